The quantitative estimate of drug-likeness (QED) is 0.910. The lowest BCUT2D eigenvalue weighted by molar-refractivity contribution is 0.0862. The first-order valence-electron chi connectivity index (χ1n) is 8.09. The molecule has 23 heavy (non-hydrogen) atoms. The van der Waals surface area contributed by atoms with Crippen LogP contribution >= 0.6 is 0 Å². The summed E-state index contributed by atoms with van der Waals surface area (Å²) in [6.45, 7) is 0. The standard InChI is InChI=1S/C18H21N3O2/c22-16-10-9-15(20-21-16)17(23)19-18(11-5-2-6-12-18)13-14-7-3-1-4-8-14/h1,3-4,7-10H,2,5-6,11-13H2,(H,19,23)(H,21,22). The summed E-state index contributed by atoms with van der Waals surface area (Å²) < 4.78 is 0. The Hall–Kier alpha value is -2.43. The minimum absolute atomic E-state index is 0.223. The number of hydrogen-bond donors (Lipinski definition) is 2. The lowest BCUT2D eigenvalue weighted by Gasteiger charge is -2.38. The van der Waals surface area contributed by atoms with Crippen molar-refractivity contribution in [2.24, 2.45) is 0 Å². The van der Waals surface area contributed by atoms with Crippen LogP contribution in [0.25, 0.3) is 0 Å². The van der Waals surface area contributed by atoms with Gasteiger partial charge in [0.05, 0.1) is 0 Å². The molecule has 2 N–H and O–H groups in total. The van der Waals surface area contributed by atoms with Crippen molar-refractivity contribution in [3.05, 3.63) is 64.1 Å². The molecule has 3 rings (SSSR count). The van der Waals surface area contributed by atoms with Crippen LogP contribution < -0.4 is 10.9 Å². The molecule has 0 radical (unpaired) electrons. The Morgan fingerprint density at radius 1 is 1.09 bits per heavy atom. The van der Waals surface area contributed by atoms with E-state index in [0.29, 0.717) is 0 Å². The van der Waals surface area contributed by atoms with Crippen LogP contribution in [-0.2, 0) is 6.42 Å². The van der Waals surface area contributed by atoms with Crippen LogP contribution in [0, 0.1) is 0 Å². The van der Waals surface area contributed by atoms with E-state index in [9.17, 15) is 9.59 Å². The third-order valence-electron chi connectivity index (χ3n) is 4.49. The number of nitrogens with one attached hydrogen (secondary N) is 2. The fourth-order valence-corrected chi connectivity index (χ4v) is 3.34. The predicted molar refractivity (Wildman–Crippen MR) is 88.3 cm³/mol. The molecule has 0 spiro atoms. The SMILES string of the molecule is O=C(NC1(Cc2ccccc2)CCCCC1)c1ccc(=O)[nH]n1. The second-order valence-corrected chi connectivity index (χ2v) is 6.26. The molecule has 5 heteroatoms. The van der Waals surface area contributed by atoms with Crippen molar-refractivity contribution in [1.82, 2.24) is 15.5 Å². The molecule has 1 heterocycles. The van der Waals surface area contributed by atoms with Crippen LogP contribution in [0.15, 0.2) is 47.3 Å². The maximum absolute atomic E-state index is 12.5. The Balaban J connectivity index is 1.80. The maximum Gasteiger partial charge on any atom is 0.272 e. The van der Waals surface area contributed by atoms with Crippen LogP contribution in [0.1, 0.15) is 48.2 Å². The third kappa shape index (κ3) is 3.86. The molecule has 1 amide bonds. The van der Waals surface area contributed by atoms with E-state index in [1.807, 2.05) is 18.2 Å². The van der Waals surface area contributed by atoms with E-state index < -0.39 is 0 Å². The number of aromatic nitrogens is 2. The zero-order valence-electron chi connectivity index (χ0n) is 13.0. The van der Waals surface area contributed by atoms with Crippen LogP contribution in [0.4, 0.5) is 0 Å². The lowest BCUT2D eigenvalue weighted by Crippen LogP contribution is -2.51. The molecule has 1 aliphatic carbocycles. The molecule has 0 aliphatic heterocycles. The Labute approximate surface area is 135 Å². The van der Waals surface area contributed by atoms with Crippen molar-refractivity contribution in [2.45, 2.75) is 44.1 Å². The van der Waals surface area contributed by atoms with Gasteiger partial charge in [-0.05, 0) is 30.9 Å². The van der Waals surface area contributed by atoms with Crippen LogP contribution in [-0.4, -0.2) is 21.6 Å². The molecule has 1 aromatic heterocycles. The maximum atomic E-state index is 12.5. The Morgan fingerprint density at radius 2 is 1.83 bits per heavy atom. The van der Waals surface area contributed by atoms with E-state index in [2.05, 4.69) is 27.6 Å². The number of hydrogen-bond acceptors (Lipinski definition) is 3. The predicted octanol–water partition coefficient (Wildman–Crippen LogP) is 2.45. The van der Waals surface area contributed by atoms with Gasteiger partial charge in [-0.3, -0.25) is 9.59 Å². The summed E-state index contributed by atoms with van der Waals surface area (Å²) in [5, 5.41) is 9.34. The van der Waals surface area contributed by atoms with E-state index >= 15 is 0 Å². The molecule has 0 unspecified atom stereocenters. The average molecular weight is 311 g/mol. The zero-order chi connectivity index (χ0) is 16.1. The fourth-order valence-electron chi connectivity index (χ4n) is 3.34. The number of aromatic amines is 1. The summed E-state index contributed by atoms with van der Waals surface area (Å²) >= 11 is 0. The van der Waals surface area contributed by atoms with Crippen molar-refractivity contribution >= 4 is 5.91 Å². The number of carbonyl (C=O) groups is 1. The monoisotopic (exact) mass is 311 g/mol. The number of nitrogens with zero attached hydrogens (tertiary/aromatic N) is 1. The van der Waals surface area contributed by atoms with Gasteiger partial charge < -0.3 is 5.32 Å². The second kappa shape index (κ2) is 6.77. The first-order valence-corrected chi connectivity index (χ1v) is 8.09. The average Bonchev–Trinajstić information content (AvgIpc) is 2.57. The van der Waals surface area contributed by atoms with Crippen molar-refractivity contribution in [2.75, 3.05) is 0 Å². The molecule has 0 saturated heterocycles. The largest absolute Gasteiger partial charge is 0.345 e. The Morgan fingerprint density at radius 3 is 2.48 bits per heavy atom. The molecule has 120 valence electrons. The van der Waals surface area contributed by atoms with Gasteiger partial charge in [0.1, 0.15) is 5.69 Å². The smallest absolute Gasteiger partial charge is 0.272 e. The van der Waals surface area contributed by atoms with Crippen molar-refractivity contribution in [1.29, 1.82) is 0 Å². The van der Waals surface area contributed by atoms with Gasteiger partial charge in [0, 0.05) is 11.6 Å². The summed E-state index contributed by atoms with van der Waals surface area (Å²) in [7, 11) is 0. The first-order chi connectivity index (χ1) is 11.2. The molecular formula is C18H21N3O2. The van der Waals surface area contributed by atoms with Gasteiger partial charge in [-0.2, -0.15) is 5.10 Å². The molecule has 1 aromatic carbocycles. The summed E-state index contributed by atoms with van der Waals surface area (Å²) in [5.74, 6) is -0.223. The van der Waals surface area contributed by atoms with Crippen molar-refractivity contribution < 1.29 is 4.79 Å². The fraction of sp³-hybridized carbons (Fsp3) is 0.389. The highest BCUT2D eigenvalue weighted by molar-refractivity contribution is 5.92. The molecule has 0 bridgehead atoms. The minimum Gasteiger partial charge on any atom is -0.345 e. The van der Waals surface area contributed by atoms with Gasteiger partial charge in [0.2, 0.25) is 0 Å². The number of amides is 1. The van der Waals surface area contributed by atoms with Crippen LogP contribution in [0.3, 0.4) is 0 Å². The lowest BCUT2D eigenvalue weighted by atomic mass is 9.77. The number of rotatable bonds is 4. The number of benzene rings is 1. The minimum atomic E-state index is -0.307. The van der Waals surface area contributed by atoms with E-state index in [1.165, 1.54) is 24.1 Å². The Kier molecular flexibility index (Phi) is 4.55. The van der Waals surface area contributed by atoms with Gasteiger partial charge in [-0.25, -0.2) is 5.10 Å². The third-order valence-corrected chi connectivity index (χ3v) is 4.49. The first kappa shape index (κ1) is 15.5. The molecule has 0 atom stereocenters. The van der Waals surface area contributed by atoms with Gasteiger partial charge in [-0.1, -0.05) is 49.6 Å². The summed E-state index contributed by atoms with van der Waals surface area (Å²) in [6.07, 6.45) is 6.21. The number of carbonyl (C=O) groups excluding carboxylic acids is 1. The summed E-state index contributed by atoms with van der Waals surface area (Å²) in [4.78, 5) is 23.6. The van der Waals surface area contributed by atoms with Gasteiger partial charge in [0.15, 0.2) is 0 Å². The molecule has 2 aromatic rings. The second-order valence-electron chi connectivity index (χ2n) is 6.26. The molecule has 5 nitrogen and oxygen atoms in total. The highest BCUT2D eigenvalue weighted by Crippen LogP contribution is 2.31. The molecule has 1 fully saturated rings. The van der Waals surface area contributed by atoms with E-state index in [1.54, 1.807) is 0 Å². The summed E-state index contributed by atoms with van der Waals surface area (Å²) in [6, 6.07) is 13.0. The van der Waals surface area contributed by atoms with E-state index in [4.69, 9.17) is 0 Å². The number of H-pyrrole nitrogens is 1. The molecule has 1 aliphatic rings. The van der Waals surface area contributed by atoms with E-state index in [0.717, 1.165) is 32.1 Å². The highest BCUT2D eigenvalue weighted by atomic mass is 16.2. The van der Waals surface area contributed by atoms with Crippen molar-refractivity contribution in [3.8, 4) is 0 Å². The van der Waals surface area contributed by atoms with Gasteiger partial charge >= 0.3 is 0 Å². The molecule has 1 saturated carbocycles. The Bertz CT molecular complexity index is 698. The highest BCUT2D eigenvalue weighted by Gasteiger charge is 2.34. The van der Waals surface area contributed by atoms with Crippen LogP contribution in [0.2, 0.25) is 0 Å². The normalized spacial score (nSPS) is 16.7. The molecular weight excluding hydrogens is 290 g/mol. The zero-order valence-corrected chi connectivity index (χ0v) is 13.0. The topological polar surface area (TPSA) is 74.8 Å². The van der Waals surface area contributed by atoms with Crippen molar-refractivity contribution in [3.63, 3.8) is 0 Å². The van der Waals surface area contributed by atoms with Gasteiger partial charge in [-0.15, -0.1) is 0 Å². The van der Waals surface area contributed by atoms with Crippen LogP contribution in [0.5, 0.6) is 0 Å². The summed E-state index contributed by atoms with van der Waals surface area (Å²) in [5.41, 5.74) is 0.944. The van der Waals surface area contributed by atoms with E-state index in [-0.39, 0.29) is 22.7 Å². The van der Waals surface area contributed by atoms with Gasteiger partial charge in [0.25, 0.3) is 11.5 Å².